The van der Waals surface area contributed by atoms with Crippen LogP contribution in [0.5, 0.6) is 0 Å². The van der Waals surface area contributed by atoms with Crippen LogP contribution in [0.1, 0.15) is 36.8 Å². The lowest BCUT2D eigenvalue weighted by molar-refractivity contribution is 0.0601. The zero-order valence-electron chi connectivity index (χ0n) is 19.5. The quantitative estimate of drug-likeness (QED) is 0.300. The summed E-state index contributed by atoms with van der Waals surface area (Å²) in [7, 11) is -1.24. The maximum atomic E-state index is 11.8. The van der Waals surface area contributed by atoms with Gasteiger partial charge in [0.1, 0.15) is 0 Å². The first-order chi connectivity index (χ1) is 15.8. The standard InChI is InChI=1S/C28H29NO3Si/c1-28(2,3)33(25-11-7-5-8-12-25,26-13-9-6-10-14-26)32-20-24-18-21-15-16-22(27(30)31-4)17-23(21)19-29-24/h5-19H,20H2,1-4H3. The number of methoxy groups -OCH3 is 1. The van der Waals surface area contributed by atoms with Crippen molar-refractivity contribution in [2.75, 3.05) is 7.11 Å². The molecule has 0 N–H and O–H groups in total. The predicted octanol–water partition coefficient (Wildman–Crippen LogP) is 5.10. The third-order valence-corrected chi connectivity index (χ3v) is 11.0. The van der Waals surface area contributed by atoms with Crippen LogP contribution in [0.4, 0.5) is 0 Å². The van der Waals surface area contributed by atoms with Gasteiger partial charge in [-0.2, -0.15) is 0 Å². The molecule has 4 aromatic rings. The normalized spacial score (nSPS) is 12.0. The average molecular weight is 456 g/mol. The van der Waals surface area contributed by atoms with Gasteiger partial charge in [-0.25, -0.2) is 4.79 Å². The summed E-state index contributed by atoms with van der Waals surface area (Å²) in [6, 6.07) is 28.7. The van der Waals surface area contributed by atoms with E-state index in [2.05, 4.69) is 74.3 Å². The number of pyridine rings is 1. The number of esters is 1. The molecule has 0 saturated carbocycles. The van der Waals surface area contributed by atoms with Gasteiger partial charge in [0, 0.05) is 11.6 Å². The molecule has 0 fully saturated rings. The van der Waals surface area contributed by atoms with Crippen molar-refractivity contribution >= 4 is 35.4 Å². The Balaban J connectivity index is 1.73. The Labute approximate surface area is 196 Å². The van der Waals surface area contributed by atoms with Crippen molar-refractivity contribution in [1.29, 1.82) is 0 Å². The molecule has 0 unspecified atom stereocenters. The highest BCUT2D eigenvalue weighted by atomic mass is 28.4. The molecule has 1 heterocycles. The zero-order valence-corrected chi connectivity index (χ0v) is 20.5. The number of hydrogen-bond donors (Lipinski definition) is 0. The second-order valence-electron chi connectivity index (χ2n) is 9.18. The van der Waals surface area contributed by atoms with Gasteiger partial charge in [0.15, 0.2) is 0 Å². The van der Waals surface area contributed by atoms with Crippen molar-refractivity contribution in [1.82, 2.24) is 4.98 Å². The SMILES string of the molecule is COC(=O)c1ccc2cc(CO[Si](c3ccccc3)(c3ccccc3)C(C)(C)C)ncc2c1. The summed E-state index contributed by atoms with van der Waals surface area (Å²) < 4.78 is 11.8. The summed E-state index contributed by atoms with van der Waals surface area (Å²) >= 11 is 0. The molecule has 0 atom stereocenters. The van der Waals surface area contributed by atoms with Crippen LogP contribution in [-0.4, -0.2) is 26.4 Å². The second kappa shape index (κ2) is 9.30. The van der Waals surface area contributed by atoms with E-state index in [4.69, 9.17) is 9.16 Å². The van der Waals surface area contributed by atoms with Crippen molar-refractivity contribution < 1.29 is 14.0 Å². The highest BCUT2D eigenvalue weighted by Gasteiger charge is 2.50. The first-order valence-electron chi connectivity index (χ1n) is 11.1. The Morgan fingerprint density at radius 1 is 0.848 bits per heavy atom. The molecule has 0 radical (unpaired) electrons. The number of hydrogen-bond acceptors (Lipinski definition) is 4. The molecule has 0 aliphatic rings. The maximum absolute atomic E-state index is 11.8. The average Bonchev–Trinajstić information content (AvgIpc) is 2.84. The summed E-state index contributed by atoms with van der Waals surface area (Å²) in [5.41, 5.74) is 1.38. The smallest absolute Gasteiger partial charge is 0.337 e. The van der Waals surface area contributed by atoms with Crippen LogP contribution in [0.3, 0.4) is 0 Å². The van der Waals surface area contributed by atoms with Crippen LogP contribution in [0, 0.1) is 0 Å². The van der Waals surface area contributed by atoms with Crippen molar-refractivity contribution in [2.45, 2.75) is 32.4 Å². The lowest BCUT2D eigenvalue weighted by Gasteiger charge is -2.43. The number of ether oxygens (including phenoxy) is 1. The molecule has 4 nitrogen and oxygen atoms in total. The molecular weight excluding hydrogens is 426 g/mol. The van der Waals surface area contributed by atoms with Crippen LogP contribution < -0.4 is 10.4 Å². The highest BCUT2D eigenvalue weighted by Crippen LogP contribution is 2.37. The van der Waals surface area contributed by atoms with E-state index in [1.165, 1.54) is 17.5 Å². The fraction of sp³-hybridized carbons (Fsp3) is 0.214. The number of nitrogens with zero attached hydrogens (tertiary/aromatic N) is 1. The monoisotopic (exact) mass is 455 g/mol. The molecule has 0 aliphatic carbocycles. The first-order valence-corrected chi connectivity index (χ1v) is 13.0. The largest absolute Gasteiger partial charge is 0.465 e. The lowest BCUT2D eigenvalue weighted by Crippen LogP contribution is -2.66. The Bertz CT molecular complexity index is 1210. The summed E-state index contributed by atoms with van der Waals surface area (Å²) in [4.78, 5) is 16.5. The minimum atomic E-state index is -2.63. The molecule has 0 spiro atoms. The van der Waals surface area contributed by atoms with Crippen LogP contribution in [-0.2, 0) is 15.8 Å². The van der Waals surface area contributed by atoms with Crippen molar-refractivity contribution in [3.8, 4) is 0 Å². The molecule has 168 valence electrons. The zero-order chi connectivity index (χ0) is 23.5. The minimum Gasteiger partial charge on any atom is -0.465 e. The summed E-state index contributed by atoms with van der Waals surface area (Å²) in [6.07, 6.45) is 1.80. The van der Waals surface area contributed by atoms with Gasteiger partial charge in [0.25, 0.3) is 8.32 Å². The summed E-state index contributed by atoms with van der Waals surface area (Å²) in [5.74, 6) is -0.351. The van der Waals surface area contributed by atoms with E-state index in [-0.39, 0.29) is 11.0 Å². The lowest BCUT2D eigenvalue weighted by atomic mass is 10.1. The van der Waals surface area contributed by atoms with E-state index in [9.17, 15) is 4.79 Å². The van der Waals surface area contributed by atoms with Gasteiger partial charge in [-0.05, 0) is 39.0 Å². The van der Waals surface area contributed by atoms with Gasteiger partial charge in [0.05, 0.1) is 25.0 Å². The van der Waals surface area contributed by atoms with E-state index in [1.54, 1.807) is 18.3 Å². The van der Waals surface area contributed by atoms with E-state index in [0.29, 0.717) is 12.2 Å². The third-order valence-electron chi connectivity index (χ3n) is 6.05. The second-order valence-corrected chi connectivity index (χ2v) is 13.5. The number of carbonyl (C=O) groups is 1. The molecule has 0 amide bonds. The summed E-state index contributed by atoms with van der Waals surface area (Å²) in [5, 5.41) is 4.30. The first kappa shape index (κ1) is 22.9. The fourth-order valence-electron chi connectivity index (χ4n) is 4.45. The van der Waals surface area contributed by atoms with Gasteiger partial charge in [-0.3, -0.25) is 4.98 Å². The van der Waals surface area contributed by atoms with E-state index in [1.807, 2.05) is 24.3 Å². The van der Waals surface area contributed by atoms with Crippen LogP contribution in [0.2, 0.25) is 5.04 Å². The van der Waals surface area contributed by atoms with Gasteiger partial charge in [-0.15, -0.1) is 0 Å². The molecule has 33 heavy (non-hydrogen) atoms. The van der Waals surface area contributed by atoms with Gasteiger partial charge < -0.3 is 9.16 Å². The van der Waals surface area contributed by atoms with Crippen molar-refractivity contribution in [3.05, 3.63) is 102 Å². The Morgan fingerprint density at radius 3 is 2.00 bits per heavy atom. The van der Waals surface area contributed by atoms with E-state index in [0.717, 1.165) is 16.5 Å². The molecule has 4 rings (SSSR count). The Kier molecular flexibility index (Phi) is 6.45. The number of carbonyl (C=O) groups excluding carboxylic acids is 1. The minimum absolute atomic E-state index is 0.0953. The molecule has 0 bridgehead atoms. The molecule has 0 aliphatic heterocycles. The molecule has 0 saturated heterocycles. The van der Waals surface area contributed by atoms with Gasteiger partial charge >= 0.3 is 5.97 Å². The fourth-order valence-corrected chi connectivity index (χ4v) is 8.97. The number of fused-ring (bicyclic) bond motifs is 1. The number of benzene rings is 3. The van der Waals surface area contributed by atoms with Crippen molar-refractivity contribution in [2.24, 2.45) is 0 Å². The van der Waals surface area contributed by atoms with Crippen LogP contribution in [0.15, 0.2) is 91.1 Å². The third kappa shape index (κ3) is 4.47. The molecule has 5 heteroatoms. The summed E-state index contributed by atoms with van der Waals surface area (Å²) in [6.45, 7) is 7.20. The topological polar surface area (TPSA) is 48.4 Å². The predicted molar refractivity (Wildman–Crippen MR) is 135 cm³/mol. The van der Waals surface area contributed by atoms with Crippen LogP contribution >= 0.6 is 0 Å². The number of rotatable bonds is 6. The molecule has 1 aromatic heterocycles. The molecular formula is C28H29NO3Si. The van der Waals surface area contributed by atoms with Gasteiger partial charge in [-0.1, -0.05) is 87.5 Å². The van der Waals surface area contributed by atoms with E-state index < -0.39 is 8.32 Å². The highest BCUT2D eigenvalue weighted by molar-refractivity contribution is 6.99. The van der Waals surface area contributed by atoms with E-state index >= 15 is 0 Å². The molecule has 3 aromatic carbocycles. The Hall–Kier alpha value is -3.28. The Morgan fingerprint density at radius 2 is 1.45 bits per heavy atom. The van der Waals surface area contributed by atoms with Crippen molar-refractivity contribution in [3.63, 3.8) is 0 Å². The maximum Gasteiger partial charge on any atom is 0.337 e. The number of aromatic nitrogens is 1. The van der Waals surface area contributed by atoms with Crippen LogP contribution in [0.25, 0.3) is 10.8 Å². The van der Waals surface area contributed by atoms with Gasteiger partial charge in [0.2, 0.25) is 0 Å².